The first-order valence-electron chi connectivity index (χ1n) is 6.62. The van der Waals surface area contributed by atoms with Crippen LogP contribution in [-0.2, 0) is 11.2 Å². The molecule has 1 heterocycles. The van der Waals surface area contributed by atoms with Gasteiger partial charge in [-0.25, -0.2) is 0 Å². The first-order valence-corrected chi connectivity index (χ1v) is 8.18. The minimum absolute atomic E-state index is 0.177. The monoisotopic (exact) mass is 305 g/mol. The molecular formula is C15H15NO4S. The maximum absolute atomic E-state index is 12.7. The maximum Gasteiger partial charge on any atom is 0.201 e. The highest BCUT2D eigenvalue weighted by atomic mass is 32.2. The molecule has 1 aromatic carbocycles. The quantitative estimate of drug-likeness (QED) is 0.627. The minimum Gasteiger partial charge on any atom is -0.612 e. The molecule has 0 aliphatic heterocycles. The van der Waals surface area contributed by atoms with Crippen molar-refractivity contribution in [3.8, 4) is 5.75 Å². The van der Waals surface area contributed by atoms with Crippen LogP contribution in [-0.4, -0.2) is 28.9 Å². The second-order valence-electron chi connectivity index (χ2n) is 5.02. The van der Waals surface area contributed by atoms with Crippen LogP contribution in [0.15, 0.2) is 33.8 Å². The van der Waals surface area contributed by atoms with E-state index in [1.165, 1.54) is 13.3 Å². The second-order valence-corrected chi connectivity index (χ2v) is 6.40. The van der Waals surface area contributed by atoms with Crippen LogP contribution in [0.5, 0.6) is 5.75 Å². The SMILES string of the molecule is COc1cc([S+](C)[O-])ccc1C(=O)c1cnoc1C1CC1. The van der Waals surface area contributed by atoms with Gasteiger partial charge in [-0.05, 0) is 36.2 Å². The summed E-state index contributed by atoms with van der Waals surface area (Å²) in [5.41, 5.74) is 0.915. The van der Waals surface area contributed by atoms with Crippen LogP contribution in [0, 0.1) is 0 Å². The number of benzene rings is 1. The van der Waals surface area contributed by atoms with Crippen molar-refractivity contribution in [3.05, 3.63) is 41.3 Å². The third kappa shape index (κ3) is 2.69. The van der Waals surface area contributed by atoms with Crippen molar-refractivity contribution in [2.75, 3.05) is 13.4 Å². The minimum atomic E-state index is -1.12. The molecule has 1 atom stereocenters. The van der Waals surface area contributed by atoms with Crippen molar-refractivity contribution in [3.63, 3.8) is 0 Å². The molecular weight excluding hydrogens is 290 g/mol. The molecule has 0 bridgehead atoms. The average Bonchev–Trinajstić information content (AvgIpc) is 3.22. The molecule has 1 unspecified atom stereocenters. The Kier molecular flexibility index (Phi) is 3.73. The van der Waals surface area contributed by atoms with Gasteiger partial charge in [0.15, 0.2) is 10.7 Å². The molecule has 1 fully saturated rings. The van der Waals surface area contributed by atoms with Gasteiger partial charge in [-0.1, -0.05) is 5.16 Å². The fourth-order valence-electron chi connectivity index (χ4n) is 2.24. The first kappa shape index (κ1) is 14.2. The summed E-state index contributed by atoms with van der Waals surface area (Å²) < 4.78 is 22.0. The van der Waals surface area contributed by atoms with Gasteiger partial charge in [0.25, 0.3) is 0 Å². The molecule has 0 saturated heterocycles. The van der Waals surface area contributed by atoms with Crippen LogP contribution in [0.1, 0.15) is 40.4 Å². The second kappa shape index (κ2) is 5.54. The number of ketones is 1. The highest BCUT2D eigenvalue weighted by molar-refractivity contribution is 7.90. The average molecular weight is 305 g/mol. The van der Waals surface area contributed by atoms with E-state index < -0.39 is 11.2 Å². The van der Waals surface area contributed by atoms with Crippen molar-refractivity contribution in [1.82, 2.24) is 5.16 Å². The van der Waals surface area contributed by atoms with Gasteiger partial charge in [0.05, 0.1) is 24.4 Å². The molecule has 2 aromatic rings. The molecule has 6 heteroatoms. The van der Waals surface area contributed by atoms with E-state index in [0.29, 0.717) is 33.5 Å². The van der Waals surface area contributed by atoms with E-state index in [-0.39, 0.29) is 5.78 Å². The Morgan fingerprint density at radius 3 is 2.81 bits per heavy atom. The van der Waals surface area contributed by atoms with Gasteiger partial charge in [0.1, 0.15) is 12.0 Å². The molecule has 1 aliphatic carbocycles. The maximum atomic E-state index is 12.7. The Balaban J connectivity index is 1.99. The number of methoxy groups -OCH3 is 1. The summed E-state index contributed by atoms with van der Waals surface area (Å²) in [5, 5.41) is 3.75. The number of ether oxygens (including phenoxy) is 1. The Morgan fingerprint density at radius 1 is 1.43 bits per heavy atom. The summed E-state index contributed by atoms with van der Waals surface area (Å²) in [7, 11) is 1.49. The number of nitrogens with zero attached hydrogens (tertiary/aromatic N) is 1. The summed E-state index contributed by atoms with van der Waals surface area (Å²) in [6.07, 6.45) is 5.10. The Labute approximate surface area is 125 Å². The number of rotatable bonds is 5. The molecule has 21 heavy (non-hydrogen) atoms. The van der Waals surface area contributed by atoms with Crippen LogP contribution in [0.2, 0.25) is 0 Å². The number of carbonyl (C=O) groups is 1. The zero-order chi connectivity index (χ0) is 15.0. The highest BCUT2D eigenvalue weighted by Crippen LogP contribution is 2.42. The van der Waals surface area contributed by atoms with Crippen LogP contribution in [0.4, 0.5) is 0 Å². The van der Waals surface area contributed by atoms with Gasteiger partial charge in [0.2, 0.25) is 5.78 Å². The topological polar surface area (TPSA) is 75.4 Å². The number of hydrogen-bond acceptors (Lipinski definition) is 5. The van der Waals surface area contributed by atoms with Gasteiger partial charge in [-0.2, -0.15) is 0 Å². The van der Waals surface area contributed by atoms with Gasteiger partial charge < -0.3 is 13.8 Å². The first-order chi connectivity index (χ1) is 10.1. The molecule has 3 rings (SSSR count). The fourth-order valence-corrected chi connectivity index (χ4v) is 2.77. The third-order valence-corrected chi connectivity index (χ3v) is 4.46. The Morgan fingerprint density at radius 2 is 2.19 bits per heavy atom. The van der Waals surface area contributed by atoms with E-state index in [2.05, 4.69) is 5.16 Å². The molecule has 0 amide bonds. The Hall–Kier alpha value is -1.79. The lowest BCUT2D eigenvalue weighted by molar-refractivity contribution is 0.103. The van der Waals surface area contributed by atoms with Crippen molar-refractivity contribution < 1.29 is 18.6 Å². The van der Waals surface area contributed by atoms with Gasteiger partial charge >= 0.3 is 0 Å². The largest absolute Gasteiger partial charge is 0.612 e. The summed E-state index contributed by atoms with van der Waals surface area (Å²) in [4.78, 5) is 13.3. The van der Waals surface area contributed by atoms with E-state index >= 15 is 0 Å². The Bertz CT molecular complexity index is 676. The number of carbonyl (C=O) groups excluding carboxylic acids is 1. The molecule has 1 saturated carbocycles. The lowest BCUT2D eigenvalue weighted by atomic mass is 10.0. The zero-order valence-electron chi connectivity index (χ0n) is 11.8. The van der Waals surface area contributed by atoms with Crippen LogP contribution >= 0.6 is 0 Å². The molecule has 5 nitrogen and oxygen atoms in total. The lowest BCUT2D eigenvalue weighted by Crippen LogP contribution is -2.07. The third-order valence-electron chi connectivity index (χ3n) is 3.54. The number of hydrogen-bond donors (Lipinski definition) is 0. The number of aromatic nitrogens is 1. The van der Waals surface area contributed by atoms with E-state index in [9.17, 15) is 9.35 Å². The van der Waals surface area contributed by atoms with Crippen LogP contribution < -0.4 is 4.74 Å². The zero-order valence-corrected chi connectivity index (χ0v) is 12.6. The predicted molar refractivity (Wildman–Crippen MR) is 77.2 cm³/mol. The lowest BCUT2D eigenvalue weighted by Gasteiger charge is -2.10. The molecule has 110 valence electrons. The normalized spacial score (nSPS) is 15.8. The van der Waals surface area contributed by atoms with Crippen LogP contribution in [0.3, 0.4) is 0 Å². The van der Waals surface area contributed by atoms with E-state index in [4.69, 9.17) is 9.26 Å². The van der Waals surface area contributed by atoms with Gasteiger partial charge in [0, 0.05) is 12.0 Å². The summed E-state index contributed by atoms with van der Waals surface area (Å²) in [5.74, 6) is 1.20. The van der Waals surface area contributed by atoms with Gasteiger partial charge in [-0.15, -0.1) is 0 Å². The standard InChI is InChI=1S/C15H15NO4S/c1-19-13-7-10(21(2)18)5-6-11(13)14(17)12-8-16-20-15(12)9-3-4-9/h5-9H,3-4H2,1-2H3. The van der Waals surface area contributed by atoms with Crippen molar-refractivity contribution in [2.45, 2.75) is 23.7 Å². The van der Waals surface area contributed by atoms with Crippen molar-refractivity contribution in [2.24, 2.45) is 0 Å². The smallest absolute Gasteiger partial charge is 0.201 e. The van der Waals surface area contributed by atoms with Gasteiger partial charge in [-0.3, -0.25) is 4.79 Å². The van der Waals surface area contributed by atoms with Crippen LogP contribution in [0.25, 0.3) is 0 Å². The predicted octanol–water partition coefficient (Wildman–Crippen LogP) is 2.53. The summed E-state index contributed by atoms with van der Waals surface area (Å²) in [6.45, 7) is 0. The van der Waals surface area contributed by atoms with E-state index in [1.54, 1.807) is 24.5 Å². The van der Waals surface area contributed by atoms with E-state index in [1.807, 2.05) is 0 Å². The summed E-state index contributed by atoms with van der Waals surface area (Å²) >= 11 is -1.12. The van der Waals surface area contributed by atoms with E-state index in [0.717, 1.165) is 12.8 Å². The summed E-state index contributed by atoms with van der Waals surface area (Å²) in [6, 6.07) is 4.95. The highest BCUT2D eigenvalue weighted by Gasteiger charge is 2.33. The molecule has 0 radical (unpaired) electrons. The molecule has 1 aromatic heterocycles. The van der Waals surface area contributed by atoms with Crippen molar-refractivity contribution >= 4 is 17.0 Å². The molecule has 1 aliphatic rings. The molecule has 0 N–H and O–H groups in total. The fraction of sp³-hybridized carbons (Fsp3) is 0.333. The molecule has 0 spiro atoms. The van der Waals surface area contributed by atoms with Crippen molar-refractivity contribution in [1.29, 1.82) is 0 Å².